The Labute approximate surface area is 101 Å². The molecule has 3 nitrogen and oxygen atoms in total. The second-order valence-corrected chi connectivity index (χ2v) is 4.45. The summed E-state index contributed by atoms with van der Waals surface area (Å²) in [5.74, 6) is 0.294. The van der Waals surface area contributed by atoms with Gasteiger partial charge in [-0.2, -0.15) is 0 Å². The largest absolute Gasteiger partial charge is 0.497 e. The van der Waals surface area contributed by atoms with Crippen molar-refractivity contribution in [1.82, 2.24) is 0 Å². The fourth-order valence-corrected chi connectivity index (χ4v) is 2.22. The van der Waals surface area contributed by atoms with Gasteiger partial charge in [0.1, 0.15) is 11.6 Å². The van der Waals surface area contributed by atoms with E-state index in [0.717, 1.165) is 25.7 Å². The van der Waals surface area contributed by atoms with Gasteiger partial charge in [0.2, 0.25) is 0 Å². The number of aliphatic hydroxyl groups excluding tert-OH is 1. The van der Waals surface area contributed by atoms with Crippen LogP contribution in [0.4, 0.5) is 10.1 Å². The standard InChI is InChI=1S/C13H18FNO2/c1-17-9-6-7-10(14)12(8-9)15-11-4-2-3-5-13(11)16/h6-8,11,13,15-16H,2-5H2,1H3/t11-,13-/m0/s1. The van der Waals surface area contributed by atoms with Crippen LogP contribution in [0.5, 0.6) is 5.75 Å². The molecule has 0 aromatic heterocycles. The maximum Gasteiger partial charge on any atom is 0.146 e. The fraction of sp³-hybridized carbons (Fsp3) is 0.538. The summed E-state index contributed by atoms with van der Waals surface area (Å²) < 4.78 is 18.6. The Hall–Kier alpha value is -1.29. The normalized spacial score (nSPS) is 24.4. The van der Waals surface area contributed by atoms with Crippen LogP contribution in [0.25, 0.3) is 0 Å². The average molecular weight is 239 g/mol. The molecule has 0 heterocycles. The van der Waals surface area contributed by atoms with Gasteiger partial charge in [-0.15, -0.1) is 0 Å². The van der Waals surface area contributed by atoms with Gasteiger partial charge in [0.05, 0.1) is 24.9 Å². The number of methoxy groups -OCH3 is 1. The van der Waals surface area contributed by atoms with E-state index in [1.807, 2.05) is 0 Å². The molecular formula is C13H18FNO2. The van der Waals surface area contributed by atoms with Crippen molar-refractivity contribution < 1.29 is 14.2 Å². The molecule has 0 radical (unpaired) electrons. The van der Waals surface area contributed by atoms with Crippen LogP contribution in [0, 0.1) is 5.82 Å². The molecule has 2 atom stereocenters. The predicted molar refractivity (Wildman–Crippen MR) is 64.8 cm³/mol. The number of ether oxygens (including phenoxy) is 1. The van der Waals surface area contributed by atoms with Gasteiger partial charge in [0, 0.05) is 6.07 Å². The molecule has 1 aliphatic carbocycles. The number of hydrogen-bond donors (Lipinski definition) is 2. The van der Waals surface area contributed by atoms with E-state index in [4.69, 9.17) is 4.74 Å². The zero-order valence-corrected chi connectivity index (χ0v) is 9.95. The maximum atomic E-state index is 13.6. The summed E-state index contributed by atoms with van der Waals surface area (Å²) in [6.07, 6.45) is 3.37. The van der Waals surface area contributed by atoms with Gasteiger partial charge in [-0.1, -0.05) is 12.8 Å². The minimum absolute atomic E-state index is 0.0645. The van der Waals surface area contributed by atoms with Crippen LogP contribution < -0.4 is 10.1 Å². The predicted octanol–water partition coefficient (Wildman–Crippen LogP) is 2.55. The first-order valence-corrected chi connectivity index (χ1v) is 5.99. The Morgan fingerprint density at radius 1 is 1.35 bits per heavy atom. The van der Waals surface area contributed by atoms with Gasteiger partial charge < -0.3 is 15.2 Å². The SMILES string of the molecule is COc1ccc(F)c(N[C@H]2CCCC[C@@H]2O)c1. The number of rotatable bonds is 3. The number of aliphatic hydroxyl groups is 1. The van der Waals surface area contributed by atoms with Crippen LogP contribution in [-0.4, -0.2) is 24.4 Å². The molecule has 1 fully saturated rings. The third-order valence-corrected chi connectivity index (χ3v) is 3.24. The van der Waals surface area contributed by atoms with Crippen molar-refractivity contribution in [2.75, 3.05) is 12.4 Å². The first-order valence-electron chi connectivity index (χ1n) is 5.99. The molecule has 94 valence electrons. The minimum atomic E-state index is -0.394. The molecule has 0 bridgehead atoms. The van der Waals surface area contributed by atoms with Crippen LogP contribution >= 0.6 is 0 Å². The highest BCUT2D eigenvalue weighted by atomic mass is 19.1. The molecular weight excluding hydrogens is 221 g/mol. The maximum absolute atomic E-state index is 13.6. The third-order valence-electron chi connectivity index (χ3n) is 3.24. The lowest BCUT2D eigenvalue weighted by Gasteiger charge is -2.29. The first-order chi connectivity index (χ1) is 8.20. The summed E-state index contributed by atoms with van der Waals surface area (Å²) in [5.41, 5.74) is 0.398. The third kappa shape index (κ3) is 2.88. The van der Waals surface area contributed by atoms with Gasteiger partial charge in [-0.05, 0) is 25.0 Å². The number of benzene rings is 1. The Balaban J connectivity index is 2.11. The number of halogens is 1. The molecule has 0 spiro atoms. The molecule has 2 rings (SSSR count). The molecule has 0 saturated heterocycles. The molecule has 2 N–H and O–H groups in total. The van der Waals surface area contributed by atoms with Gasteiger partial charge >= 0.3 is 0 Å². The Morgan fingerprint density at radius 2 is 2.12 bits per heavy atom. The van der Waals surface area contributed by atoms with Crippen LogP contribution in [-0.2, 0) is 0 Å². The summed E-state index contributed by atoms with van der Waals surface area (Å²) in [4.78, 5) is 0. The van der Waals surface area contributed by atoms with E-state index in [1.54, 1.807) is 19.2 Å². The first kappa shape index (κ1) is 12.2. The molecule has 1 aromatic carbocycles. The molecule has 4 heteroatoms. The van der Waals surface area contributed by atoms with Crippen molar-refractivity contribution in [3.05, 3.63) is 24.0 Å². The fourth-order valence-electron chi connectivity index (χ4n) is 2.22. The molecule has 0 unspecified atom stereocenters. The van der Waals surface area contributed by atoms with E-state index in [0.29, 0.717) is 11.4 Å². The van der Waals surface area contributed by atoms with Gasteiger partial charge in [-0.3, -0.25) is 0 Å². The minimum Gasteiger partial charge on any atom is -0.497 e. The highest BCUT2D eigenvalue weighted by Gasteiger charge is 2.23. The lowest BCUT2D eigenvalue weighted by molar-refractivity contribution is 0.116. The molecule has 17 heavy (non-hydrogen) atoms. The second-order valence-electron chi connectivity index (χ2n) is 4.45. The summed E-state index contributed by atoms with van der Waals surface area (Å²) in [6.45, 7) is 0. The van der Waals surface area contributed by atoms with E-state index < -0.39 is 6.10 Å². The monoisotopic (exact) mass is 239 g/mol. The van der Waals surface area contributed by atoms with Crippen LogP contribution in [0.2, 0.25) is 0 Å². The average Bonchev–Trinajstić information content (AvgIpc) is 2.35. The van der Waals surface area contributed by atoms with Crippen molar-refractivity contribution in [3.63, 3.8) is 0 Å². The molecule has 1 aliphatic rings. The topological polar surface area (TPSA) is 41.5 Å². The van der Waals surface area contributed by atoms with Crippen LogP contribution in [0.1, 0.15) is 25.7 Å². The summed E-state index contributed by atoms with van der Waals surface area (Å²) >= 11 is 0. The van der Waals surface area contributed by atoms with Crippen LogP contribution in [0.15, 0.2) is 18.2 Å². The smallest absolute Gasteiger partial charge is 0.146 e. The zero-order chi connectivity index (χ0) is 12.3. The molecule has 1 aromatic rings. The van der Waals surface area contributed by atoms with E-state index in [9.17, 15) is 9.50 Å². The van der Waals surface area contributed by atoms with E-state index in [-0.39, 0.29) is 11.9 Å². The lowest BCUT2D eigenvalue weighted by Crippen LogP contribution is -2.36. The highest BCUT2D eigenvalue weighted by molar-refractivity contribution is 5.50. The number of nitrogens with one attached hydrogen (secondary N) is 1. The van der Waals surface area contributed by atoms with Crippen molar-refractivity contribution >= 4 is 5.69 Å². The molecule has 0 aliphatic heterocycles. The van der Waals surface area contributed by atoms with Crippen molar-refractivity contribution in [3.8, 4) is 5.75 Å². The van der Waals surface area contributed by atoms with Crippen molar-refractivity contribution in [2.24, 2.45) is 0 Å². The molecule has 0 amide bonds. The Bertz CT molecular complexity index is 384. The Kier molecular flexibility index (Phi) is 3.84. The number of anilines is 1. The Morgan fingerprint density at radius 3 is 2.82 bits per heavy atom. The van der Waals surface area contributed by atoms with E-state index in [1.165, 1.54) is 6.07 Å². The van der Waals surface area contributed by atoms with Crippen molar-refractivity contribution in [2.45, 2.75) is 37.8 Å². The van der Waals surface area contributed by atoms with Crippen LogP contribution in [0.3, 0.4) is 0 Å². The summed E-state index contributed by atoms with van der Waals surface area (Å²) in [6, 6.07) is 4.51. The van der Waals surface area contributed by atoms with Gasteiger partial charge in [0.25, 0.3) is 0 Å². The summed E-state index contributed by atoms with van der Waals surface area (Å²) in [7, 11) is 1.55. The van der Waals surface area contributed by atoms with Gasteiger partial charge in [-0.25, -0.2) is 4.39 Å². The lowest BCUT2D eigenvalue weighted by atomic mass is 9.92. The van der Waals surface area contributed by atoms with E-state index >= 15 is 0 Å². The quantitative estimate of drug-likeness (QED) is 0.851. The number of hydrogen-bond acceptors (Lipinski definition) is 3. The second kappa shape index (κ2) is 5.36. The zero-order valence-electron chi connectivity index (χ0n) is 9.95. The van der Waals surface area contributed by atoms with E-state index in [2.05, 4.69) is 5.32 Å². The van der Waals surface area contributed by atoms with Gasteiger partial charge in [0.15, 0.2) is 0 Å². The summed E-state index contributed by atoms with van der Waals surface area (Å²) in [5, 5.41) is 12.9. The highest BCUT2D eigenvalue weighted by Crippen LogP contribution is 2.26. The van der Waals surface area contributed by atoms with Crippen molar-refractivity contribution in [1.29, 1.82) is 0 Å². The molecule has 1 saturated carbocycles.